The molecule has 0 unspecified atom stereocenters. The first-order valence-corrected chi connectivity index (χ1v) is 6.30. The normalized spacial score (nSPS) is 17.9. The number of allylic oxidation sites excluding steroid dienone is 3. The number of nitrogens with zero attached hydrogens (tertiary/aromatic N) is 1. The van der Waals surface area contributed by atoms with E-state index in [4.69, 9.17) is 4.74 Å². The maximum absolute atomic E-state index is 5.18. The molecule has 1 rings (SSSR count). The highest BCUT2D eigenvalue weighted by molar-refractivity contribution is 5.27. The number of hydrogen-bond acceptors (Lipinski definition) is 2. The first kappa shape index (κ1) is 13.3. The van der Waals surface area contributed by atoms with Gasteiger partial charge in [-0.2, -0.15) is 0 Å². The van der Waals surface area contributed by atoms with E-state index in [-0.39, 0.29) is 0 Å². The van der Waals surface area contributed by atoms with E-state index in [2.05, 4.69) is 37.8 Å². The zero-order valence-corrected chi connectivity index (χ0v) is 11.1. The Labute approximate surface area is 100.0 Å². The summed E-state index contributed by atoms with van der Waals surface area (Å²) in [4.78, 5) is 2.46. The fourth-order valence-electron chi connectivity index (χ4n) is 2.30. The zero-order chi connectivity index (χ0) is 12.0. The SMILES string of the molecule is C/C=C\C1=C(C(C)C)CCCN1CCOC. The molecule has 1 aliphatic rings. The predicted octanol–water partition coefficient (Wildman–Crippen LogP) is 3.21. The van der Waals surface area contributed by atoms with Crippen LogP contribution in [0.2, 0.25) is 0 Å². The fraction of sp³-hybridized carbons (Fsp3) is 0.714. The molecule has 0 fully saturated rings. The van der Waals surface area contributed by atoms with Gasteiger partial charge in [0.15, 0.2) is 0 Å². The predicted molar refractivity (Wildman–Crippen MR) is 69.4 cm³/mol. The van der Waals surface area contributed by atoms with Crippen LogP contribution >= 0.6 is 0 Å². The smallest absolute Gasteiger partial charge is 0.0637 e. The Bertz CT molecular complexity index is 266. The average molecular weight is 223 g/mol. The lowest BCUT2D eigenvalue weighted by Gasteiger charge is -2.34. The summed E-state index contributed by atoms with van der Waals surface area (Å²) in [5, 5.41) is 0. The van der Waals surface area contributed by atoms with Crippen molar-refractivity contribution < 1.29 is 4.74 Å². The molecule has 1 aliphatic heterocycles. The quantitative estimate of drug-likeness (QED) is 0.709. The Morgan fingerprint density at radius 3 is 2.75 bits per heavy atom. The van der Waals surface area contributed by atoms with Crippen molar-refractivity contribution in [2.24, 2.45) is 5.92 Å². The molecule has 0 aromatic heterocycles. The lowest BCUT2D eigenvalue weighted by molar-refractivity contribution is 0.161. The van der Waals surface area contributed by atoms with Crippen molar-refractivity contribution in [1.29, 1.82) is 0 Å². The van der Waals surface area contributed by atoms with Crippen LogP contribution in [-0.4, -0.2) is 31.7 Å². The highest BCUT2D eigenvalue weighted by atomic mass is 16.5. The van der Waals surface area contributed by atoms with Crippen LogP contribution < -0.4 is 0 Å². The summed E-state index contributed by atoms with van der Waals surface area (Å²) in [5.74, 6) is 0.650. The molecule has 0 amide bonds. The molecule has 2 heteroatoms. The van der Waals surface area contributed by atoms with Crippen molar-refractivity contribution in [3.63, 3.8) is 0 Å². The van der Waals surface area contributed by atoms with Crippen LogP contribution in [0.5, 0.6) is 0 Å². The highest BCUT2D eigenvalue weighted by Gasteiger charge is 2.19. The van der Waals surface area contributed by atoms with Gasteiger partial charge >= 0.3 is 0 Å². The monoisotopic (exact) mass is 223 g/mol. The first-order valence-electron chi connectivity index (χ1n) is 6.30. The van der Waals surface area contributed by atoms with Gasteiger partial charge in [0.25, 0.3) is 0 Å². The van der Waals surface area contributed by atoms with Gasteiger partial charge in [0.1, 0.15) is 0 Å². The molecule has 92 valence electrons. The van der Waals surface area contributed by atoms with E-state index in [9.17, 15) is 0 Å². The van der Waals surface area contributed by atoms with Crippen LogP contribution in [0, 0.1) is 5.92 Å². The third-order valence-electron chi connectivity index (χ3n) is 3.13. The van der Waals surface area contributed by atoms with Gasteiger partial charge in [-0.05, 0) is 37.3 Å². The van der Waals surface area contributed by atoms with Crippen molar-refractivity contribution in [1.82, 2.24) is 4.90 Å². The summed E-state index contributed by atoms with van der Waals surface area (Å²) in [6, 6.07) is 0. The van der Waals surface area contributed by atoms with Gasteiger partial charge < -0.3 is 9.64 Å². The minimum Gasteiger partial charge on any atom is -0.383 e. The van der Waals surface area contributed by atoms with Crippen LogP contribution in [0.15, 0.2) is 23.4 Å². The van der Waals surface area contributed by atoms with Crippen LogP contribution in [0.25, 0.3) is 0 Å². The fourth-order valence-corrected chi connectivity index (χ4v) is 2.30. The summed E-state index contributed by atoms with van der Waals surface area (Å²) in [6.45, 7) is 9.66. The molecule has 1 heterocycles. The van der Waals surface area contributed by atoms with Gasteiger partial charge in [0.05, 0.1) is 6.61 Å². The van der Waals surface area contributed by atoms with Crippen molar-refractivity contribution in [3.8, 4) is 0 Å². The molecule has 0 aromatic rings. The average Bonchev–Trinajstić information content (AvgIpc) is 2.27. The molecule has 0 saturated heterocycles. The molecular weight excluding hydrogens is 198 g/mol. The third-order valence-corrected chi connectivity index (χ3v) is 3.13. The van der Waals surface area contributed by atoms with Crippen LogP contribution in [-0.2, 0) is 4.74 Å². The highest BCUT2D eigenvalue weighted by Crippen LogP contribution is 2.28. The second-order valence-corrected chi connectivity index (χ2v) is 4.65. The second kappa shape index (κ2) is 6.74. The number of rotatable bonds is 5. The van der Waals surface area contributed by atoms with Crippen LogP contribution in [0.3, 0.4) is 0 Å². The summed E-state index contributed by atoms with van der Waals surface area (Å²) < 4.78 is 5.18. The molecule has 0 saturated carbocycles. The Hall–Kier alpha value is -0.760. The summed E-state index contributed by atoms with van der Waals surface area (Å²) in [7, 11) is 1.77. The van der Waals surface area contributed by atoms with E-state index >= 15 is 0 Å². The van der Waals surface area contributed by atoms with Gasteiger partial charge in [-0.25, -0.2) is 0 Å². The third kappa shape index (κ3) is 3.38. The van der Waals surface area contributed by atoms with Crippen LogP contribution in [0.4, 0.5) is 0 Å². The summed E-state index contributed by atoms with van der Waals surface area (Å²) >= 11 is 0. The Morgan fingerprint density at radius 2 is 2.19 bits per heavy atom. The van der Waals surface area contributed by atoms with E-state index in [1.165, 1.54) is 25.1 Å². The van der Waals surface area contributed by atoms with Gasteiger partial charge in [-0.3, -0.25) is 0 Å². The lowest BCUT2D eigenvalue weighted by Crippen LogP contribution is -2.32. The topological polar surface area (TPSA) is 12.5 Å². The van der Waals surface area contributed by atoms with Crippen molar-refractivity contribution in [3.05, 3.63) is 23.4 Å². The Balaban J connectivity index is 2.86. The number of hydrogen-bond donors (Lipinski definition) is 0. The van der Waals surface area contributed by atoms with E-state index < -0.39 is 0 Å². The van der Waals surface area contributed by atoms with Crippen molar-refractivity contribution in [2.45, 2.75) is 33.6 Å². The molecule has 0 atom stereocenters. The van der Waals surface area contributed by atoms with E-state index in [1.807, 2.05) is 0 Å². The van der Waals surface area contributed by atoms with Gasteiger partial charge in [0, 0.05) is 25.9 Å². The molecule has 0 bridgehead atoms. The van der Waals surface area contributed by atoms with E-state index in [0.29, 0.717) is 5.92 Å². The molecular formula is C14H25NO. The van der Waals surface area contributed by atoms with E-state index in [0.717, 1.165) is 13.2 Å². The maximum Gasteiger partial charge on any atom is 0.0637 e. The molecule has 2 nitrogen and oxygen atoms in total. The van der Waals surface area contributed by atoms with Gasteiger partial charge in [-0.1, -0.05) is 19.9 Å². The lowest BCUT2D eigenvalue weighted by atomic mass is 9.92. The van der Waals surface area contributed by atoms with Gasteiger partial charge in [-0.15, -0.1) is 0 Å². The number of methoxy groups -OCH3 is 1. The standard InChI is InChI=1S/C14H25NO/c1-5-7-14-13(12(2)3)8-6-9-15(14)10-11-16-4/h5,7,12H,6,8-11H2,1-4H3/b7-5-. The number of ether oxygens (including phenoxy) is 1. The second-order valence-electron chi connectivity index (χ2n) is 4.65. The molecule has 0 N–H and O–H groups in total. The van der Waals surface area contributed by atoms with Crippen LogP contribution in [0.1, 0.15) is 33.6 Å². The van der Waals surface area contributed by atoms with Crippen molar-refractivity contribution in [2.75, 3.05) is 26.8 Å². The van der Waals surface area contributed by atoms with E-state index in [1.54, 1.807) is 12.7 Å². The van der Waals surface area contributed by atoms with Gasteiger partial charge in [0.2, 0.25) is 0 Å². The Morgan fingerprint density at radius 1 is 1.44 bits per heavy atom. The molecule has 0 aromatic carbocycles. The molecule has 16 heavy (non-hydrogen) atoms. The van der Waals surface area contributed by atoms with Crippen molar-refractivity contribution >= 4 is 0 Å². The summed E-state index contributed by atoms with van der Waals surface area (Å²) in [5.41, 5.74) is 3.03. The minimum atomic E-state index is 0.650. The Kier molecular flexibility index (Phi) is 5.61. The molecule has 0 spiro atoms. The largest absolute Gasteiger partial charge is 0.383 e. The zero-order valence-electron chi connectivity index (χ0n) is 11.1. The molecule has 0 aliphatic carbocycles. The maximum atomic E-state index is 5.18. The minimum absolute atomic E-state index is 0.650. The summed E-state index contributed by atoms with van der Waals surface area (Å²) in [6.07, 6.45) is 6.92. The molecule has 0 radical (unpaired) electrons. The first-order chi connectivity index (χ1) is 7.70.